The standard InChI is InChI=1S/C13H21NO5/c1-12(2,3)19-11(17)14-6-4-5-13(10(15)16)8-18-7-9(13)14/h9H,4-8H2,1-3H3,(H,15,16)/t9-,13+/m1/s1. The van der Waals surface area contributed by atoms with Crippen LogP contribution in [0.5, 0.6) is 0 Å². The fourth-order valence-electron chi connectivity index (χ4n) is 2.81. The van der Waals surface area contributed by atoms with E-state index < -0.39 is 29.1 Å². The number of aliphatic carboxylic acids is 1. The van der Waals surface area contributed by atoms with Crippen molar-refractivity contribution in [2.24, 2.45) is 5.41 Å². The van der Waals surface area contributed by atoms with Crippen molar-refractivity contribution >= 4 is 12.1 Å². The first-order valence-electron chi connectivity index (χ1n) is 6.57. The van der Waals surface area contributed by atoms with Gasteiger partial charge in [0.1, 0.15) is 11.0 Å². The molecule has 0 spiro atoms. The number of rotatable bonds is 1. The zero-order valence-electron chi connectivity index (χ0n) is 11.6. The highest BCUT2D eigenvalue weighted by Gasteiger charge is 2.56. The normalized spacial score (nSPS) is 30.9. The van der Waals surface area contributed by atoms with Crippen molar-refractivity contribution in [2.45, 2.75) is 45.3 Å². The lowest BCUT2D eigenvalue weighted by Crippen LogP contribution is -2.57. The molecule has 2 aliphatic heterocycles. The lowest BCUT2D eigenvalue weighted by Gasteiger charge is -2.42. The highest BCUT2D eigenvalue weighted by molar-refractivity contribution is 5.78. The minimum atomic E-state index is -0.963. The average molecular weight is 271 g/mol. The van der Waals surface area contributed by atoms with E-state index in [-0.39, 0.29) is 13.2 Å². The number of carbonyl (C=O) groups is 2. The summed E-state index contributed by atoms with van der Waals surface area (Å²) in [7, 11) is 0. The van der Waals surface area contributed by atoms with E-state index >= 15 is 0 Å². The van der Waals surface area contributed by atoms with Crippen LogP contribution in [0.15, 0.2) is 0 Å². The second kappa shape index (κ2) is 4.67. The average Bonchev–Trinajstić information content (AvgIpc) is 2.70. The van der Waals surface area contributed by atoms with E-state index in [2.05, 4.69) is 0 Å². The maximum Gasteiger partial charge on any atom is 0.410 e. The van der Waals surface area contributed by atoms with Crippen LogP contribution in [0.4, 0.5) is 4.79 Å². The van der Waals surface area contributed by atoms with E-state index in [1.807, 2.05) is 0 Å². The molecule has 0 aromatic rings. The molecule has 0 unspecified atom stereocenters. The molecule has 2 aliphatic rings. The third-order valence-electron chi connectivity index (χ3n) is 3.73. The first kappa shape index (κ1) is 14.1. The van der Waals surface area contributed by atoms with Gasteiger partial charge < -0.3 is 19.5 Å². The quantitative estimate of drug-likeness (QED) is 0.782. The molecule has 2 fully saturated rings. The largest absolute Gasteiger partial charge is 0.481 e. The molecule has 1 amide bonds. The van der Waals surface area contributed by atoms with E-state index in [1.54, 1.807) is 20.8 Å². The van der Waals surface area contributed by atoms with Crippen LogP contribution >= 0.6 is 0 Å². The number of amides is 1. The lowest BCUT2D eigenvalue weighted by molar-refractivity contribution is -0.154. The Kier molecular flexibility index (Phi) is 3.47. The van der Waals surface area contributed by atoms with Gasteiger partial charge in [0.25, 0.3) is 0 Å². The fourth-order valence-corrected chi connectivity index (χ4v) is 2.81. The van der Waals surface area contributed by atoms with Crippen LogP contribution < -0.4 is 0 Å². The van der Waals surface area contributed by atoms with Crippen LogP contribution in [-0.4, -0.2) is 53.5 Å². The molecule has 6 nitrogen and oxygen atoms in total. The summed E-state index contributed by atoms with van der Waals surface area (Å²) in [5.74, 6) is -0.886. The highest BCUT2D eigenvalue weighted by Crippen LogP contribution is 2.41. The SMILES string of the molecule is CC(C)(C)OC(=O)N1CCC[C@]2(C(=O)O)COC[C@@H]12. The van der Waals surface area contributed by atoms with Gasteiger partial charge in [-0.05, 0) is 33.6 Å². The first-order chi connectivity index (χ1) is 8.76. The minimum Gasteiger partial charge on any atom is -0.481 e. The summed E-state index contributed by atoms with van der Waals surface area (Å²) in [6.45, 7) is 6.36. The molecule has 108 valence electrons. The van der Waals surface area contributed by atoms with E-state index in [1.165, 1.54) is 4.90 Å². The second-order valence-electron chi connectivity index (χ2n) is 6.27. The molecule has 2 heterocycles. The predicted octanol–water partition coefficient (Wildman–Crippen LogP) is 1.49. The van der Waals surface area contributed by atoms with Gasteiger partial charge in [-0.3, -0.25) is 4.79 Å². The Hall–Kier alpha value is -1.30. The van der Waals surface area contributed by atoms with Crippen molar-refractivity contribution in [2.75, 3.05) is 19.8 Å². The lowest BCUT2D eigenvalue weighted by atomic mass is 9.75. The number of carbonyl (C=O) groups excluding carboxylic acids is 1. The van der Waals surface area contributed by atoms with Gasteiger partial charge in [-0.15, -0.1) is 0 Å². The topological polar surface area (TPSA) is 76.1 Å². The van der Waals surface area contributed by atoms with E-state index in [0.29, 0.717) is 19.4 Å². The maximum atomic E-state index is 12.2. The number of nitrogens with zero attached hydrogens (tertiary/aromatic N) is 1. The third kappa shape index (κ3) is 2.54. The zero-order valence-corrected chi connectivity index (χ0v) is 11.6. The molecule has 0 aromatic heterocycles. The number of piperidine rings is 1. The van der Waals surface area contributed by atoms with Crippen molar-refractivity contribution in [1.82, 2.24) is 4.90 Å². The molecule has 0 aromatic carbocycles. The van der Waals surface area contributed by atoms with Crippen molar-refractivity contribution < 1.29 is 24.2 Å². The molecular formula is C13H21NO5. The predicted molar refractivity (Wildman–Crippen MR) is 66.8 cm³/mol. The highest BCUT2D eigenvalue weighted by atomic mass is 16.6. The molecule has 2 saturated heterocycles. The number of carboxylic acid groups (broad SMARTS) is 1. The smallest absolute Gasteiger partial charge is 0.410 e. The van der Waals surface area contributed by atoms with Crippen molar-refractivity contribution in [3.05, 3.63) is 0 Å². The number of hydrogen-bond acceptors (Lipinski definition) is 4. The van der Waals surface area contributed by atoms with E-state index in [4.69, 9.17) is 9.47 Å². The third-order valence-corrected chi connectivity index (χ3v) is 3.73. The van der Waals surface area contributed by atoms with Crippen molar-refractivity contribution in [1.29, 1.82) is 0 Å². The summed E-state index contributed by atoms with van der Waals surface area (Å²) in [5.41, 5.74) is -1.55. The van der Waals surface area contributed by atoms with Gasteiger partial charge in [0.15, 0.2) is 0 Å². The summed E-state index contributed by atoms with van der Waals surface area (Å²) >= 11 is 0. The zero-order chi connectivity index (χ0) is 14.3. The van der Waals surface area contributed by atoms with Gasteiger partial charge in [0.05, 0.1) is 19.3 Å². The van der Waals surface area contributed by atoms with Gasteiger partial charge in [-0.2, -0.15) is 0 Å². The Labute approximate surface area is 112 Å². The van der Waals surface area contributed by atoms with Gasteiger partial charge in [-0.1, -0.05) is 0 Å². The van der Waals surface area contributed by atoms with Crippen LogP contribution in [0.3, 0.4) is 0 Å². The first-order valence-corrected chi connectivity index (χ1v) is 6.57. The Bertz CT molecular complexity index is 389. The van der Waals surface area contributed by atoms with Crippen LogP contribution in [0.2, 0.25) is 0 Å². The van der Waals surface area contributed by atoms with Gasteiger partial charge in [0.2, 0.25) is 0 Å². The molecule has 1 N–H and O–H groups in total. The number of fused-ring (bicyclic) bond motifs is 1. The fraction of sp³-hybridized carbons (Fsp3) is 0.846. The summed E-state index contributed by atoms with van der Waals surface area (Å²) in [6, 6.07) is -0.423. The van der Waals surface area contributed by atoms with Crippen LogP contribution in [-0.2, 0) is 14.3 Å². The number of ether oxygens (including phenoxy) is 2. The molecular weight excluding hydrogens is 250 g/mol. The summed E-state index contributed by atoms with van der Waals surface area (Å²) in [5, 5.41) is 9.47. The minimum absolute atomic E-state index is 0.173. The molecule has 0 saturated carbocycles. The van der Waals surface area contributed by atoms with Crippen LogP contribution in [0.1, 0.15) is 33.6 Å². The Morgan fingerprint density at radius 3 is 2.68 bits per heavy atom. The molecule has 0 bridgehead atoms. The monoisotopic (exact) mass is 271 g/mol. The van der Waals surface area contributed by atoms with E-state index in [9.17, 15) is 14.7 Å². The van der Waals surface area contributed by atoms with Gasteiger partial charge >= 0.3 is 12.1 Å². The number of likely N-dealkylation sites (tertiary alicyclic amines) is 1. The molecule has 19 heavy (non-hydrogen) atoms. The number of carboxylic acids is 1. The molecule has 6 heteroatoms. The number of hydrogen-bond donors (Lipinski definition) is 1. The maximum absolute atomic E-state index is 12.2. The summed E-state index contributed by atoms with van der Waals surface area (Å²) in [4.78, 5) is 25.3. The van der Waals surface area contributed by atoms with Crippen LogP contribution in [0, 0.1) is 5.41 Å². The Balaban J connectivity index is 2.18. The van der Waals surface area contributed by atoms with Crippen molar-refractivity contribution in [3.8, 4) is 0 Å². The van der Waals surface area contributed by atoms with E-state index in [0.717, 1.165) is 0 Å². The molecule has 0 radical (unpaired) electrons. The molecule has 2 atom stereocenters. The second-order valence-corrected chi connectivity index (χ2v) is 6.27. The van der Waals surface area contributed by atoms with Crippen molar-refractivity contribution in [3.63, 3.8) is 0 Å². The molecule has 0 aliphatic carbocycles. The molecule has 2 rings (SSSR count). The van der Waals surface area contributed by atoms with Gasteiger partial charge in [0, 0.05) is 6.54 Å². The Morgan fingerprint density at radius 2 is 2.11 bits per heavy atom. The summed E-state index contributed by atoms with van der Waals surface area (Å²) in [6.07, 6.45) is 0.755. The van der Waals surface area contributed by atoms with Crippen LogP contribution in [0.25, 0.3) is 0 Å². The Morgan fingerprint density at radius 1 is 1.42 bits per heavy atom. The summed E-state index contributed by atoms with van der Waals surface area (Å²) < 4.78 is 10.7. The van der Waals surface area contributed by atoms with Gasteiger partial charge in [-0.25, -0.2) is 4.79 Å².